The molecule has 0 fully saturated rings. The molecule has 0 radical (unpaired) electrons. The minimum Gasteiger partial charge on any atom is -0.375 e. The minimum atomic E-state index is -0.320. The normalized spacial score (nSPS) is 11.3. The predicted octanol–water partition coefficient (Wildman–Crippen LogP) is 3.82. The van der Waals surface area contributed by atoms with Crippen LogP contribution < -0.4 is 16.0 Å². The number of aliphatic imine (C=N–C) groups is 1. The molecule has 144 valence electrons. The van der Waals surface area contributed by atoms with Crippen molar-refractivity contribution in [1.82, 2.24) is 5.32 Å². The number of rotatable bonds is 7. The number of anilines is 1. The number of hydrogen-bond acceptors (Lipinski definition) is 3. The van der Waals surface area contributed by atoms with Crippen LogP contribution in [-0.4, -0.2) is 31.7 Å². The molecule has 0 aliphatic rings. The number of amides is 2. The lowest BCUT2D eigenvalue weighted by molar-refractivity contribution is 0.128. The van der Waals surface area contributed by atoms with Gasteiger partial charge in [0, 0.05) is 11.0 Å². The summed E-state index contributed by atoms with van der Waals surface area (Å²) in [4.78, 5) is 18.3. The van der Waals surface area contributed by atoms with Crippen molar-refractivity contribution >= 4 is 33.6 Å². The molecular weight excluding hydrogens is 408 g/mol. The fourth-order valence-electron chi connectivity index (χ4n) is 2.58. The molecule has 0 bridgehead atoms. The van der Waals surface area contributed by atoms with Crippen molar-refractivity contribution in [3.63, 3.8) is 0 Å². The second-order valence-corrected chi connectivity index (χ2v) is 6.74. The molecule has 0 unspecified atom stereocenters. The number of halogens is 1. The number of nitrogens with zero attached hydrogens (tertiary/aromatic N) is 2. The molecule has 3 N–H and O–H groups in total. The number of nitrogens with one attached hydrogen (secondary N) is 1. The molecule has 0 aromatic heterocycles. The van der Waals surface area contributed by atoms with Crippen molar-refractivity contribution in [3.8, 4) is 0 Å². The largest absolute Gasteiger partial charge is 0.375 e. The summed E-state index contributed by atoms with van der Waals surface area (Å²) < 4.78 is 6.40. The van der Waals surface area contributed by atoms with Crippen LogP contribution in [0, 0.1) is 6.92 Å². The monoisotopic (exact) mass is 432 g/mol. The number of guanidine groups is 1. The Morgan fingerprint density at radius 1 is 1.22 bits per heavy atom. The third-order valence-corrected chi connectivity index (χ3v) is 4.52. The molecule has 0 aliphatic heterocycles. The first-order valence-electron chi connectivity index (χ1n) is 8.78. The Bertz CT molecular complexity index is 761. The van der Waals surface area contributed by atoms with E-state index in [2.05, 4.69) is 26.2 Å². The molecule has 2 aromatic carbocycles. The third kappa shape index (κ3) is 6.37. The summed E-state index contributed by atoms with van der Waals surface area (Å²) in [5, 5.41) is 2.63. The van der Waals surface area contributed by atoms with Gasteiger partial charge >= 0.3 is 6.03 Å². The van der Waals surface area contributed by atoms with E-state index >= 15 is 0 Å². The van der Waals surface area contributed by atoms with Gasteiger partial charge in [-0.3, -0.25) is 15.2 Å². The first-order chi connectivity index (χ1) is 13.0. The lowest BCUT2D eigenvalue weighted by Crippen LogP contribution is -2.46. The summed E-state index contributed by atoms with van der Waals surface area (Å²) in [5.74, 6) is 0.0754. The first kappa shape index (κ1) is 20.9. The van der Waals surface area contributed by atoms with Crippen molar-refractivity contribution in [3.05, 3.63) is 64.1 Å². The Morgan fingerprint density at radius 3 is 2.63 bits per heavy atom. The number of nitrogens with two attached hydrogens (primary N) is 1. The SMILES string of the molecule is CCN(C(=O)NC(N)=NCCOCc1ccccc1)c1c(C)cccc1Br. The van der Waals surface area contributed by atoms with E-state index in [4.69, 9.17) is 10.5 Å². The lowest BCUT2D eigenvalue weighted by Gasteiger charge is -2.24. The topological polar surface area (TPSA) is 80.0 Å². The maximum Gasteiger partial charge on any atom is 0.328 e. The zero-order valence-corrected chi connectivity index (χ0v) is 17.2. The number of benzene rings is 2. The Morgan fingerprint density at radius 2 is 1.96 bits per heavy atom. The maximum atomic E-state index is 12.6. The van der Waals surface area contributed by atoms with Crippen molar-refractivity contribution in [1.29, 1.82) is 0 Å². The fraction of sp³-hybridized carbons (Fsp3) is 0.300. The Labute approximate surface area is 168 Å². The molecule has 0 saturated heterocycles. The summed E-state index contributed by atoms with van der Waals surface area (Å²) in [7, 11) is 0. The van der Waals surface area contributed by atoms with Crippen LogP contribution in [0.15, 0.2) is 58.0 Å². The highest BCUT2D eigenvalue weighted by molar-refractivity contribution is 9.10. The molecule has 0 aliphatic carbocycles. The molecule has 2 aromatic rings. The van der Waals surface area contributed by atoms with Crippen LogP contribution in [0.3, 0.4) is 0 Å². The quantitative estimate of drug-likeness (QED) is 0.396. The summed E-state index contributed by atoms with van der Waals surface area (Å²) in [6.45, 7) is 5.68. The number of ether oxygens (including phenoxy) is 1. The summed E-state index contributed by atoms with van der Waals surface area (Å²) >= 11 is 3.50. The van der Waals surface area contributed by atoms with E-state index in [1.54, 1.807) is 4.90 Å². The molecule has 0 heterocycles. The average molecular weight is 433 g/mol. The first-order valence-corrected chi connectivity index (χ1v) is 9.57. The van der Waals surface area contributed by atoms with Gasteiger partial charge in [0.1, 0.15) is 0 Å². The Kier molecular flexibility index (Phi) is 8.29. The Balaban J connectivity index is 1.85. The molecule has 7 heteroatoms. The van der Waals surface area contributed by atoms with Crippen molar-refractivity contribution in [2.45, 2.75) is 20.5 Å². The van der Waals surface area contributed by atoms with Crippen LogP contribution in [0.2, 0.25) is 0 Å². The van der Waals surface area contributed by atoms with Crippen LogP contribution in [0.1, 0.15) is 18.1 Å². The summed E-state index contributed by atoms with van der Waals surface area (Å²) in [6, 6.07) is 15.4. The maximum absolute atomic E-state index is 12.6. The molecule has 0 atom stereocenters. The van der Waals surface area contributed by atoms with E-state index in [9.17, 15) is 4.79 Å². The van der Waals surface area contributed by atoms with E-state index in [1.807, 2.05) is 62.4 Å². The molecular formula is C20H25BrN4O2. The molecule has 27 heavy (non-hydrogen) atoms. The number of aryl methyl sites for hydroxylation is 1. The van der Waals surface area contributed by atoms with Gasteiger partial charge in [0.2, 0.25) is 0 Å². The van der Waals surface area contributed by atoms with Crippen LogP contribution in [0.5, 0.6) is 0 Å². The van der Waals surface area contributed by atoms with Gasteiger partial charge in [-0.05, 0) is 47.0 Å². The van der Waals surface area contributed by atoms with Gasteiger partial charge < -0.3 is 10.5 Å². The van der Waals surface area contributed by atoms with Crippen molar-refractivity contribution in [2.75, 3.05) is 24.6 Å². The highest BCUT2D eigenvalue weighted by atomic mass is 79.9. The third-order valence-electron chi connectivity index (χ3n) is 3.88. The summed E-state index contributed by atoms with van der Waals surface area (Å²) in [6.07, 6.45) is 0. The van der Waals surface area contributed by atoms with Gasteiger partial charge in [0.05, 0.1) is 25.4 Å². The van der Waals surface area contributed by atoms with Crippen LogP contribution in [0.25, 0.3) is 0 Å². The smallest absolute Gasteiger partial charge is 0.328 e. The van der Waals surface area contributed by atoms with Crippen LogP contribution in [-0.2, 0) is 11.3 Å². The summed E-state index contributed by atoms with van der Waals surface area (Å²) in [5.41, 5.74) is 8.75. The number of hydrogen-bond donors (Lipinski definition) is 2. The molecule has 0 saturated carbocycles. The van der Waals surface area contributed by atoms with Gasteiger partial charge in [0.15, 0.2) is 5.96 Å². The zero-order valence-electron chi connectivity index (χ0n) is 15.6. The van der Waals surface area contributed by atoms with Crippen LogP contribution >= 0.6 is 15.9 Å². The van der Waals surface area contributed by atoms with Gasteiger partial charge in [-0.1, -0.05) is 42.5 Å². The average Bonchev–Trinajstić information content (AvgIpc) is 2.65. The standard InChI is InChI=1S/C20H25BrN4O2/c1-3-25(18-15(2)8-7-11-17(18)21)20(26)24-19(22)23-12-13-27-14-16-9-5-4-6-10-16/h4-11H,3,12-14H2,1-2H3,(H3,22,23,24,26). The molecule has 2 amide bonds. The number of para-hydroxylation sites is 1. The van der Waals surface area contributed by atoms with Crippen LogP contribution in [0.4, 0.5) is 10.5 Å². The van der Waals surface area contributed by atoms with E-state index in [0.29, 0.717) is 26.3 Å². The highest BCUT2D eigenvalue weighted by Crippen LogP contribution is 2.29. The second kappa shape index (κ2) is 10.7. The molecule has 0 spiro atoms. The van der Waals surface area contributed by atoms with Gasteiger partial charge in [-0.15, -0.1) is 0 Å². The number of carbonyl (C=O) groups is 1. The second-order valence-electron chi connectivity index (χ2n) is 5.88. The van der Waals surface area contributed by atoms with Gasteiger partial charge in [-0.2, -0.15) is 0 Å². The van der Waals surface area contributed by atoms with E-state index in [-0.39, 0.29) is 12.0 Å². The minimum absolute atomic E-state index is 0.0754. The predicted molar refractivity (Wildman–Crippen MR) is 113 cm³/mol. The molecule has 6 nitrogen and oxygen atoms in total. The fourth-order valence-corrected chi connectivity index (χ4v) is 3.26. The van der Waals surface area contributed by atoms with E-state index < -0.39 is 0 Å². The number of carbonyl (C=O) groups excluding carboxylic acids is 1. The highest BCUT2D eigenvalue weighted by Gasteiger charge is 2.18. The van der Waals surface area contributed by atoms with Gasteiger partial charge in [-0.25, -0.2) is 4.79 Å². The Hall–Kier alpha value is -2.38. The van der Waals surface area contributed by atoms with Crippen molar-refractivity contribution in [2.24, 2.45) is 10.7 Å². The van der Waals surface area contributed by atoms with Gasteiger partial charge in [0.25, 0.3) is 0 Å². The van der Waals surface area contributed by atoms with E-state index in [1.165, 1.54) is 0 Å². The van der Waals surface area contributed by atoms with Crippen molar-refractivity contribution < 1.29 is 9.53 Å². The zero-order chi connectivity index (χ0) is 19.6. The molecule has 2 rings (SSSR count). The number of urea groups is 1. The lowest BCUT2D eigenvalue weighted by atomic mass is 10.2. The van der Waals surface area contributed by atoms with E-state index in [0.717, 1.165) is 21.3 Å².